The molecule has 2 aliphatic rings. The van der Waals surface area contributed by atoms with E-state index in [2.05, 4.69) is 15.5 Å². The van der Waals surface area contributed by atoms with Gasteiger partial charge >= 0.3 is 6.03 Å². The van der Waals surface area contributed by atoms with E-state index in [1.807, 2.05) is 0 Å². The molecule has 0 aromatic carbocycles. The zero-order chi connectivity index (χ0) is 14.7. The second-order valence-electron chi connectivity index (χ2n) is 6.00. The highest BCUT2D eigenvalue weighted by molar-refractivity contribution is 5.73. The summed E-state index contributed by atoms with van der Waals surface area (Å²) in [5.74, 6) is 1.01. The zero-order valence-corrected chi connectivity index (χ0v) is 12.1. The van der Waals surface area contributed by atoms with Gasteiger partial charge < -0.3 is 25.1 Å². The van der Waals surface area contributed by atoms with E-state index in [0.717, 1.165) is 25.6 Å². The molecule has 3 N–H and O–H groups in total. The van der Waals surface area contributed by atoms with Crippen LogP contribution in [0.1, 0.15) is 31.1 Å². The van der Waals surface area contributed by atoms with Crippen LogP contribution in [0.3, 0.4) is 0 Å². The van der Waals surface area contributed by atoms with E-state index in [4.69, 9.17) is 4.42 Å². The molecule has 0 spiro atoms. The van der Waals surface area contributed by atoms with Gasteiger partial charge in [-0.25, -0.2) is 4.79 Å². The maximum atomic E-state index is 11.7. The van der Waals surface area contributed by atoms with Crippen LogP contribution in [0.5, 0.6) is 0 Å². The summed E-state index contributed by atoms with van der Waals surface area (Å²) < 4.78 is 5.08. The van der Waals surface area contributed by atoms with Crippen LogP contribution in [0.4, 0.5) is 4.79 Å². The number of urea groups is 1. The zero-order valence-electron chi connectivity index (χ0n) is 12.1. The molecule has 6 heteroatoms. The number of aliphatic hydroxyl groups excluding tert-OH is 1. The van der Waals surface area contributed by atoms with E-state index >= 15 is 0 Å². The molecule has 2 unspecified atom stereocenters. The highest BCUT2D eigenvalue weighted by Crippen LogP contribution is 2.31. The smallest absolute Gasteiger partial charge is 0.314 e. The second kappa shape index (κ2) is 6.49. The molecule has 0 radical (unpaired) electrons. The highest BCUT2D eigenvalue weighted by atomic mass is 16.4. The molecule has 2 atom stereocenters. The Morgan fingerprint density at radius 2 is 2.29 bits per heavy atom. The molecule has 1 aliphatic heterocycles. The van der Waals surface area contributed by atoms with Crippen LogP contribution < -0.4 is 10.6 Å². The molecule has 2 fully saturated rings. The van der Waals surface area contributed by atoms with Gasteiger partial charge in [0.05, 0.1) is 12.8 Å². The van der Waals surface area contributed by atoms with Crippen molar-refractivity contribution in [1.29, 1.82) is 0 Å². The number of carbonyl (C=O) groups is 1. The number of aliphatic hydroxyl groups is 1. The Labute approximate surface area is 124 Å². The highest BCUT2D eigenvalue weighted by Gasteiger charge is 2.34. The Balaban J connectivity index is 1.31. The number of hydrogen-bond donors (Lipinski definition) is 3. The van der Waals surface area contributed by atoms with Gasteiger partial charge in [0.15, 0.2) is 0 Å². The lowest BCUT2D eigenvalue weighted by Crippen LogP contribution is -2.40. The minimum Gasteiger partial charge on any atom is -0.467 e. The monoisotopic (exact) mass is 293 g/mol. The predicted octanol–water partition coefficient (Wildman–Crippen LogP) is 1.10. The number of amides is 2. The Bertz CT molecular complexity index is 459. The van der Waals surface area contributed by atoms with Crippen LogP contribution in [0, 0.1) is 5.92 Å². The van der Waals surface area contributed by atoms with Crippen molar-refractivity contribution < 1.29 is 14.3 Å². The van der Waals surface area contributed by atoms with Crippen molar-refractivity contribution in [3.05, 3.63) is 24.2 Å². The number of carbonyl (C=O) groups excluding carboxylic acids is 1. The largest absolute Gasteiger partial charge is 0.467 e. The van der Waals surface area contributed by atoms with Gasteiger partial charge in [0.1, 0.15) is 11.9 Å². The number of nitrogens with zero attached hydrogens (tertiary/aromatic N) is 1. The second-order valence-corrected chi connectivity index (χ2v) is 6.00. The van der Waals surface area contributed by atoms with Gasteiger partial charge in [-0.3, -0.25) is 0 Å². The minimum atomic E-state index is -0.803. The van der Waals surface area contributed by atoms with Crippen molar-refractivity contribution in [2.45, 2.75) is 31.4 Å². The lowest BCUT2D eigenvalue weighted by molar-refractivity contribution is 0.148. The molecule has 2 heterocycles. The van der Waals surface area contributed by atoms with Gasteiger partial charge in [-0.05, 0) is 43.9 Å². The van der Waals surface area contributed by atoms with E-state index < -0.39 is 6.10 Å². The Morgan fingerprint density at radius 3 is 3.00 bits per heavy atom. The van der Waals surface area contributed by atoms with Crippen molar-refractivity contribution in [3.8, 4) is 0 Å². The molecule has 1 aromatic heterocycles. The Morgan fingerprint density at radius 1 is 1.43 bits per heavy atom. The lowest BCUT2D eigenvalue weighted by atomic mass is 10.1. The summed E-state index contributed by atoms with van der Waals surface area (Å²) in [7, 11) is 0. The standard InChI is InChI=1S/C15H23N3O3/c19-13(14-2-1-7-21-14)9-17-15(20)16-8-11-5-6-18(10-11)12-3-4-12/h1-2,7,11-13,19H,3-6,8-10H2,(H2,16,17,20). The molecular weight excluding hydrogens is 270 g/mol. The van der Waals surface area contributed by atoms with E-state index in [1.165, 1.54) is 19.1 Å². The molecule has 6 nitrogen and oxygen atoms in total. The van der Waals surface area contributed by atoms with Crippen LogP contribution >= 0.6 is 0 Å². The summed E-state index contributed by atoms with van der Waals surface area (Å²) in [5, 5.41) is 15.4. The predicted molar refractivity (Wildman–Crippen MR) is 77.8 cm³/mol. The first-order valence-corrected chi connectivity index (χ1v) is 7.69. The van der Waals surface area contributed by atoms with E-state index in [0.29, 0.717) is 18.2 Å². The van der Waals surface area contributed by atoms with Gasteiger partial charge in [-0.1, -0.05) is 0 Å². The molecule has 2 amide bonds. The van der Waals surface area contributed by atoms with E-state index in [1.54, 1.807) is 12.1 Å². The van der Waals surface area contributed by atoms with Crippen molar-refractivity contribution in [2.75, 3.05) is 26.2 Å². The number of likely N-dealkylation sites (tertiary alicyclic amines) is 1. The third-order valence-corrected chi connectivity index (χ3v) is 4.26. The van der Waals surface area contributed by atoms with Crippen molar-refractivity contribution in [2.24, 2.45) is 5.92 Å². The maximum absolute atomic E-state index is 11.7. The first-order chi connectivity index (χ1) is 10.2. The maximum Gasteiger partial charge on any atom is 0.314 e. The summed E-state index contributed by atoms with van der Waals surface area (Å²) in [6.45, 7) is 3.11. The van der Waals surface area contributed by atoms with Crippen LogP contribution in [-0.4, -0.2) is 48.3 Å². The number of nitrogens with one attached hydrogen (secondary N) is 2. The van der Waals surface area contributed by atoms with Gasteiger partial charge in [0, 0.05) is 19.1 Å². The number of hydrogen-bond acceptors (Lipinski definition) is 4. The van der Waals surface area contributed by atoms with Gasteiger partial charge in [-0.15, -0.1) is 0 Å². The molecule has 1 saturated carbocycles. The topological polar surface area (TPSA) is 77.7 Å². The Hall–Kier alpha value is -1.53. The van der Waals surface area contributed by atoms with Crippen LogP contribution in [0.25, 0.3) is 0 Å². The van der Waals surface area contributed by atoms with Crippen molar-refractivity contribution in [1.82, 2.24) is 15.5 Å². The third-order valence-electron chi connectivity index (χ3n) is 4.26. The molecule has 1 aliphatic carbocycles. The fourth-order valence-electron chi connectivity index (χ4n) is 2.87. The minimum absolute atomic E-state index is 0.151. The Kier molecular flexibility index (Phi) is 4.45. The lowest BCUT2D eigenvalue weighted by Gasteiger charge is -2.15. The number of rotatable bonds is 6. The molecular formula is C15H23N3O3. The first kappa shape index (κ1) is 14.4. The van der Waals surface area contributed by atoms with Crippen LogP contribution in [0.15, 0.2) is 22.8 Å². The van der Waals surface area contributed by atoms with Gasteiger partial charge in [-0.2, -0.15) is 0 Å². The fourth-order valence-corrected chi connectivity index (χ4v) is 2.87. The SMILES string of the molecule is O=C(NCC1CCN(C2CC2)C1)NCC(O)c1ccco1. The van der Waals surface area contributed by atoms with Crippen molar-refractivity contribution >= 4 is 6.03 Å². The normalized spacial score (nSPS) is 24.0. The third kappa shape index (κ3) is 3.98. The molecule has 116 valence electrons. The molecule has 21 heavy (non-hydrogen) atoms. The molecule has 0 bridgehead atoms. The quantitative estimate of drug-likeness (QED) is 0.734. The average Bonchev–Trinajstić information content (AvgIpc) is 3.02. The van der Waals surface area contributed by atoms with E-state index in [-0.39, 0.29) is 12.6 Å². The van der Waals surface area contributed by atoms with Crippen LogP contribution in [0.2, 0.25) is 0 Å². The summed E-state index contributed by atoms with van der Waals surface area (Å²) in [4.78, 5) is 14.3. The molecule has 3 rings (SSSR count). The summed E-state index contributed by atoms with van der Waals surface area (Å²) >= 11 is 0. The number of furan rings is 1. The van der Waals surface area contributed by atoms with Gasteiger partial charge in [0.25, 0.3) is 0 Å². The average molecular weight is 293 g/mol. The fraction of sp³-hybridized carbons (Fsp3) is 0.667. The van der Waals surface area contributed by atoms with Crippen molar-refractivity contribution in [3.63, 3.8) is 0 Å². The van der Waals surface area contributed by atoms with Gasteiger partial charge in [0.2, 0.25) is 0 Å². The summed E-state index contributed by atoms with van der Waals surface area (Å²) in [6, 6.07) is 3.98. The van der Waals surface area contributed by atoms with Crippen LogP contribution in [-0.2, 0) is 0 Å². The van der Waals surface area contributed by atoms with E-state index in [9.17, 15) is 9.90 Å². The molecule has 1 aromatic rings. The summed E-state index contributed by atoms with van der Waals surface area (Å²) in [6.07, 6.45) is 4.54. The first-order valence-electron chi connectivity index (χ1n) is 7.69. The molecule has 1 saturated heterocycles. The summed E-state index contributed by atoms with van der Waals surface area (Å²) in [5.41, 5.74) is 0.